The van der Waals surface area contributed by atoms with Gasteiger partial charge in [-0.25, -0.2) is 0 Å². The Morgan fingerprint density at radius 3 is 2.88 bits per heavy atom. The van der Waals surface area contributed by atoms with Gasteiger partial charge in [-0.3, -0.25) is 9.89 Å². The first-order valence-corrected chi connectivity index (χ1v) is 5.65. The molecule has 1 rings (SSSR count). The number of aromatic amines is 1. The summed E-state index contributed by atoms with van der Waals surface area (Å²) in [7, 11) is 0. The average molecular weight is 224 g/mol. The largest absolute Gasteiger partial charge is 0.327 e. The van der Waals surface area contributed by atoms with Crippen LogP contribution in [0.4, 0.5) is 5.82 Å². The molecule has 2 unspecified atom stereocenters. The first-order chi connectivity index (χ1) is 7.54. The molecule has 0 spiro atoms. The second-order valence-corrected chi connectivity index (χ2v) is 4.17. The molecule has 2 atom stereocenters. The van der Waals surface area contributed by atoms with Crippen molar-refractivity contribution < 1.29 is 4.79 Å². The van der Waals surface area contributed by atoms with Gasteiger partial charge in [0.2, 0.25) is 5.91 Å². The Hall–Kier alpha value is -1.36. The van der Waals surface area contributed by atoms with Crippen molar-refractivity contribution in [3.63, 3.8) is 0 Å². The van der Waals surface area contributed by atoms with Crippen LogP contribution in [0.5, 0.6) is 0 Å². The van der Waals surface area contributed by atoms with Crippen molar-refractivity contribution in [1.29, 1.82) is 0 Å². The van der Waals surface area contributed by atoms with Crippen molar-refractivity contribution in [2.75, 3.05) is 5.32 Å². The van der Waals surface area contributed by atoms with E-state index in [1.165, 1.54) is 0 Å². The minimum atomic E-state index is -0.216. The van der Waals surface area contributed by atoms with Crippen LogP contribution in [0.25, 0.3) is 0 Å². The second-order valence-electron chi connectivity index (χ2n) is 4.17. The highest BCUT2D eigenvalue weighted by molar-refractivity contribution is 5.91. The molecular formula is C11H20N4O. The van der Waals surface area contributed by atoms with Crippen molar-refractivity contribution in [1.82, 2.24) is 10.2 Å². The van der Waals surface area contributed by atoms with Crippen LogP contribution in [-0.2, 0) is 11.2 Å². The minimum absolute atomic E-state index is 0.0930. The van der Waals surface area contributed by atoms with Crippen LogP contribution < -0.4 is 11.1 Å². The monoisotopic (exact) mass is 224 g/mol. The van der Waals surface area contributed by atoms with Crippen molar-refractivity contribution in [2.45, 2.75) is 39.7 Å². The van der Waals surface area contributed by atoms with E-state index in [0.29, 0.717) is 5.82 Å². The number of nitrogens with one attached hydrogen (secondary N) is 2. The number of carbonyl (C=O) groups is 1. The molecule has 90 valence electrons. The summed E-state index contributed by atoms with van der Waals surface area (Å²) < 4.78 is 0. The van der Waals surface area contributed by atoms with Gasteiger partial charge in [0.1, 0.15) is 0 Å². The zero-order chi connectivity index (χ0) is 12.1. The lowest BCUT2D eigenvalue weighted by Gasteiger charge is -2.13. The lowest BCUT2D eigenvalue weighted by Crippen LogP contribution is -2.34. The van der Waals surface area contributed by atoms with E-state index in [1.54, 1.807) is 6.92 Å². The zero-order valence-corrected chi connectivity index (χ0v) is 10.1. The topological polar surface area (TPSA) is 83.8 Å². The number of aromatic nitrogens is 2. The first-order valence-electron chi connectivity index (χ1n) is 5.65. The first kappa shape index (κ1) is 12.7. The van der Waals surface area contributed by atoms with Crippen molar-refractivity contribution in [3.05, 3.63) is 11.8 Å². The standard InChI is InChI=1S/C11H20N4O/c1-4-5-9-6-10(15-14-9)13-11(16)7(2)8(3)12/h6-8H,4-5,12H2,1-3H3,(H2,13,14,15,16). The van der Waals surface area contributed by atoms with Gasteiger partial charge in [-0.15, -0.1) is 0 Å². The third-order valence-corrected chi connectivity index (χ3v) is 2.60. The summed E-state index contributed by atoms with van der Waals surface area (Å²) in [4.78, 5) is 11.7. The van der Waals surface area contributed by atoms with Crippen LogP contribution in [0.2, 0.25) is 0 Å². The van der Waals surface area contributed by atoms with Crippen LogP contribution in [0.3, 0.4) is 0 Å². The molecule has 1 amide bonds. The fourth-order valence-electron chi connectivity index (χ4n) is 1.30. The number of anilines is 1. The van der Waals surface area contributed by atoms with Gasteiger partial charge in [-0.05, 0) is 13.3 Å². The van der Waals surface area contributed by atoms with Gasteiger partial charge >= 0.3 is 0 Å². The highest BCUT2D eigenvalue weighted by Gasteiger charge is 2.17. The molecule has 5 heteroatoms. The van der Waals surface area contributed by atoms with Gasteiger partial charge in [0.05, 0.1) is 5.92 Å². The van der Waals surface area contributed by atoms with Crippen LogP contribution in [0.1, 0.15) is 32.9 Å². The average Bonchev–Trinajstić information content (AvgIpc) is 2.65. The van der Waals surface area contributed by atoms with E-state index in [2.05, 4.69) is 22.4 Å². The number of hydrogen-bond acceptors (Lipinski definition) is 3. The SMILES string of the molecule is CCCc1cc(NC(=O)C(C)C(C)N)n[nH]1. The minimum Gasteiger partial charge on any atom is -0.327 e. The zero-order valence-electron chi connectivity index (χ0n) is 10.1. The number of nitrogens with zero attached hydrogens (tertiary/aromatic N) is 1. The maximum absolute atomic E-state index is 11.7. The number of carbonyl (C=O) groups excluding carboxylic acids is 1. The summed E-state index contributed by atoms with van der Waals surface area (Å²) in [5, 5.41) is 9.64. The summed E-state index contributed by atoms with van der Waals surface area (Å²) >= 11 is 0. The molecule has 16 heavy (non-hydrogen) atoms. The summed E-state index contributed by atoms with van der Waals surface area (Å²) in [5.74, 6) is 0.261. The lowest BCUT2D eigenvalue weighted by atomic mass is 10.0. The fraction of sp³-hybridized carbons (Fsp3) is 0.636. The van der Waals surface area contributed by atoms with Crippen LogP contribution in [-0.4, -0.2) is 22.1 Å². The van der Waals surface area contributed by atoms with E-state index in [0.717, 1.165) is 18.5 Å². The second kappa shape index (κ2) is 5.65. The third kappa shape index (κ3) is 3.34. The summed E-state index contributed by atoms with van der Waals surface area (Å²) in [6.45, 7) is 5.72. The quantitative estimate of drug-likeness (QED) is 0.704. The Labute approximate surface area is 95.8 Å². The van der Waals surface area contributed by atoms with E-state index in [-0.39, 0.29) is 17.9 Å². The molecule has 1 aromatic heterocycles. The van der Waals surface area contributed by atoms with E-state index in [9.17, 15) is 4.79 Å². The molecule has 1 aromatic rings. The summed E-state index contributed by atoms with van der Waals surface area (Å²) in [6, 6.07) is 1.70. The molecule has 0 aliphatic rings. The number of amides is 1. The normalized spacial score (nSPS) is 14.5. The van der Waals surface area contributed by atoms with Gasteiger partial charge < -0.3 is 11.1 Å². The Kier molecular flexibility index (Phi) is 4.49. The van der Waals surface area contributed by atoms with Gasteiger partial charge in [0.25, 0.3) is 0 Å². The number of nitrogens with two attached hydrogens (primary N) is 1. The highest BCUT2D eigenvalue weighted by Crippen LogP contribution is 2.10. The third-order valence-electron chi connectivity index (χ3n) is 2.60. The molecule has 0 radical (unpaired) electrons. The smallest absolute Gasteiger partial charge is 0.229 e. The maximum Gasteiger partial charge on any atom is 0.229 e. The number of rotatable bonds is 5. The highest BCUT2D eigenvalue weighted by atomic mass is 16.2. The van der Waals surface area contributed by atoms with Gasteiger partial charge in [0, 0.05) is 17.8 Å². The Morgan fingerprint density at radius 1 is 1.62 bits per heavy atom. The van der Waals surface area contributed by atoms with Gasteiger partial charge in [-0.1, -0.05) is 20.3 Å². The number of H-pyrrole nitrogens is 1. The molecule has 5 nitrogen and oxygen atoms in total. The molecular weight excluding hydrogens is 204 g/mol. The fourth-order valence-corrected chi connectivity index (χ4v) is 1.30. The lowest BCUT2D eigenvalue weighted by molar-refractivity contribution is -0.119. The Morgan fingerprint density at radius 2 is 2.31 bits per heavy atom. The van der Waals surface area contributed by atoms with E-state index < -0.39 is 0 Å². The van der Waals surface area contributed by atoms with E-state index in [1.807, 2.05) is 13.0 Å². The van der Waals surface area contributed by atoms with Gasteiger partial charge in [-0.2, -0.15) is 5.10 Å². The Balaban J connectivity index is 2.56. The molecule has 0 aromatic carbocycles. The number of aryl methyl sites for hydroxylation is 1. The molecule has 0 fully saturated rings. The molecule has 4 N–H and O–H groups in total. The maximum atomic E-state index is 11.7. The van der Waals surface area contributed by atoms with Crippen LogP contribution in [0.15, 0.2) is 6.07 Å². The molecule has 0 aliphatic heterocycles. The molecule has 1 heterocycles. The predicted octanol–water partition coefficient (Wildman–Crippen LogP) is 1.28. The van der Waals surface area contributed by atoms with Crippen LogP contribution >= 0.6 is 0 Å². The Bertz CT molecular complexity index is 346. The van der Waals surface area contributed by atoms with E-state index >= 15 is 0 Å². The predicted molar refractivity (Wildman–Crippen MR) is 64.0 cm³/mol. The van der Waals surface area contributed by atoms with Gasteiger partial charge in [0.15, 0.2) is 5.82 Å². The van der Waals surface area contributed by atoms with Crippen molar-refractivity contribution in [2.24, 2.45) is 11.7 Å². The van der Waals surface area contributed by atoms with Crippen LogP contribution in [0, 0.1) is 5.92 Å². The van der Waals surface area contributed by atoms with Crippen molar-refractivity contribution in [3.8, 4) is 0 Å². The number of hydrogen-bond donors (Lipinski definition) is 3. The van der Waals surface area contributed by atoms with E-state index in [4.69, 9.17) is 5.73 Å². The molecule has 0 saturated heterocycles. The summed E-state index contributed by atoms with van der Waals surface area (Å²) in [6.07, 6.45) is 1.98. The van der Waals surface area contributed by atoms with Crippen molar-refractivity contribution >= 4 is 11.7 Å². The molecule has 0 bridgehead atoms. The molecule has 0 saturated carbocycles. The molecule has 0 aliphatic carbocycles. The summed E-state index contributed by atoms with van der Waals surface area (Å²) in [5.41, 5.74) is 6.69.